The van der Waals surface area contributed by atoms with Crippen LogP contribution in [0.2, 0.25) is 0 Å². The summed E-state index contributed by atoms with van der Waals surface area (Å²) in [5, 5.41) is 2.92. The fourth-order valence-corrected chi connectivity index (χ4v) is 6.10. The van der Waals surface area contributed by atoms with Crippen LogP contribution < -0.4 is 19.5 Å². The third kappa shape index (κ3) is 6.82. The van der Waals surface area contributed by atoms with E-state index >= 15 is 0 Å². The topological polar surface area (TPSA) is 90.9 Å². The van der Waals surface area contributed by atoms with Gasteiger partial charge in [-0.15, -0.1) is 0 Å². The largest absolute Gasteiger partial charge is 0.496 e. The molecule has 0 unspecified atom stereocenters. The first kappa shape index (κ1) is 28.7. The summed E-state index contributed by atoms with van der Waals surface area (Å²) in [5.41, 5.74) is 3.68. The maximum atomic E-state index is 13.6. The van der Waals surface area contributed by atoms with Crippen molar-refractivity contribution in [3.05, 3.63) is 108 Å². The highest BCUT2D eigenvalue weighted by molar-refractivity contribution is 7.90. The number of methoxy groups -OCH3 is 3. The molecule has 0 fully saturated rings. The van der Waals surface area contributed by atoms with Gasteiger partial charge in [-0.25, -0.2) is 8.42 Å². The van der Waals surface area contributed by atoms with Crippen LogP contribution in [0, 0.1) is 0 Å². The summed E-state index contributed by atoms with van der Waals surface area (Å²) in [4.78, 5) is 12.6. The van der Waals surface area contributed by atoms with E-state index in [0.29, 0.717) is 47.8 Å². The lowest BCUT2D eigenvalue weighted by Crippen LogP contribution is -2.25. The molecule has 0 spiro atoms. The third-order valence-electron chi connectivity index (χ3n) is 6.54. The number of para-hydroxylation sites is 2. The second-order valence-corrected chi connectivity index (χ2v) is 11.2. The Morgan fingerprint density at radius 2 is 1.40 bits per heavy atom. The molecule has 0 atom stereocenters. The summed E-state index contributed by atoms with van der Waals surface area (Å²) in [6, 6.07) is 27.2. The molecule has 1 N–H and O–H groups in total. The molecule has 0 saturated carbocycles. The van der Waals surface area contributed by atoms with E-state index in [-0.39, 0.29) is 16.6 Å². The van der Waals surface area contributed by atoms with E-state index in [1.165, 1.54) is 14.2 Å². The van der Waals surface area contributed by atoms with Gasteiger partial charge >= 0.3 is 0 Å². The smallest absolute Gasteiger partial charge is 0.255 e. The molecule has 208 valence electrons. The molecule has 4 aromatic rings. The van der Waals surface area contributed by atoms with Crippen LogP contribution in [0.15, 0.2) is 95.9 Å². The SMILES string of the molecule is COc1ccccc1C(=O)NCCCc1cccc(CS(=O)(=O)c2cc(-c3ccccc3OC)ccc2OC)c1. The van der Waals surface area contributed by atoms with E-state index in [1.54, 1.807) is 43.5 Å². The molecule has 0 saturated heterocycles. The van der Waals surface area contributed by atoms with Gasteiger partial charge in [-0.05, 0) is 59.9 Å². The zero-order chi connectivity index (χ0) is 28.5. The minimum absolute atomic E-state index is 0.128. The number of rotatable bonds is 12. The number of aryl methyl sites for hydroxylation is 1. The van der Waals surface area contributed by atoms with Crippen molar-refractivity contribution in [3.8, 4) is 28.4 Å². The standard InChI is InChI=1S/C32H33NO6S/c1-37-28-15-6-4-13-26(28)25-17-18-30(39-3)31(21-25)40(35,36)22-24-11-8-10-23(20-24)12-9-19-33-32(34)27-14-5-7-16-29(27)38-2/h4-8,10-11,13-18,20-21H,9,12,19,22H2,1-3H3,(H,33,34). The number of benzene rings is 4. The van der Waals surface area contributed by atoms with Crippen molar-refractivity contribution in [2.45, 2.75) is 23.5 Å². The average molecular weight is 560 g/mol. The van der Waals surface area contributed by atoms with E-state index < -0.39 is 9.84 Å². The zero-order valence-electron chi connectivity index (χ0n) is 22.8. The summed E-state index contributed by atoms with van der Waals surface area (Å²) < 4.78 is 43.3. The van der Waals surface area contributed by atoms with Gasteiger partial charge < -0.3 is 19.5 Å². The molecule has 0 aromatic heterocycles. The van der Waals surface area contributed by atoms with Crippen molar-refractivity contribution in [1.29, 1.82) is 0 Å². The van der Waals surface area contributed by atoms with Crippen molar-refractivity contribution in [2.24, 2.45) is 0 Å². The highest BCUT2D eigenvalue weighted by atomic mass is 32.2. The molecule has 0 aliphatic heterocycles. The fourth-order valence-electron chi connectivity index (χ4n) is 4.56. The molecule has 0 radical (unpaired) electrons. The Morgan fingerprint density at radius 1 is 0.725 bits per heavy atom. The molecule has 4 rings (SSSR count). The van der Waals surface area contributed by atoms with Crippen LogP contribution in [-0.4, -0.2) is 42.2 Å². The predicted molar refractivity (Wildman–Crippen MR) is 156 cm³/mol. The van der Waals surface area contributed by atoms with Crippen LogP contribution in [-0.2, 0) is 22.0 Å². The maximum absolute atomic E-state index is 13.6. The van der Waals surface area contributed by atoms with Gasteiger partial charge in [0.15, 0.2) is 9.84 Å². The molecular formula is C32H33NO6S. The summed E-state index contributed by atoms with van der Waals surface area (Å²) in [6.07, 6.45) is 1.39. The van der Waals surface area contributed by atoms with Crippen molar-refractivity contribution >= 4 is 15.7 Å². The number of hydrogen-bond donors (Lipinski definition) is 1. The van der Waals surface area contributed by atoms with E-state index in [9.17, 15) is 13.2 Å². The van der Waals surface area contributed by atoms with Gasteiger partial charge in [0.2, 0.25) is 0 Å². The first-order chi connectivity index (χ1) is 19.4. The van der Waals surface area contributed by atoms with Crippen LogP contribution in [0.25, 0.3) is 11.1 Å². The van der Waals surface area contributed by atoms with Crippen LogP contribution in [0.5, 0.6) is 17.2 Å². The van der Waals surface area contributed by atoms with Crippen molar-refractivity contribution in [2.75, 3.05) is 27.9 Å². The Labute approximate surface area is 235 Å². The summed E-state index contributed by atoms with van der Waals surface area (Å²) in [5.74, 6) is 1.11. The molecule has 0 heterocycles. The van der Waals surface area contributed by atoms with E-state index in [4.69, 9.17) is 14.2 Å². The van der Waals surface area contributed by atoms with E-state index in [1.807, 2.05) is 54.6 Å². The summed E-state index contributed by atoms with van der Waals surface area (Å²) >= 11 is 0. The molecular weight excluding hydrogens is 526 g/mol. The Balaban J connectivity index is 1.44. The monoisotopic (exact) mass is 559 g/mol. The Kier molecular flexibility index (Phi) is 9.45. The first-order valence-electron chi connectivity index (χ1n) is 12.9. The lowest BCUT2D eigenvalue weighted by molar-refractivity contribution is 0.0950. The molecule has 8 heteroatoms. The molecule has 0 aliphatic carbocycles. The van der Waals surface area contributed by atoms with Gasteiger partial charge in [-0.2, -0.15) is 0 Å². The van der Waals surface area contributed by atoms with Gasteiger partial charge in [-0.3, -0.25) is 4.79 Å². The molecule has 0 aliphatic rings. The lowest BCUT2D eigenvalue weighted by atomic mass is 10.0. The zero-order valence-corrected chi connectivity index (χ0v) is 23.7. The third-order valence-corrected chi connectivity index (χ3v) is 8.25. The van der Waals surface area contributed by atoms with Crippen LogP contribution >= 0.6 is 0 Å². The lowest BCUT2D eigenvalue weighted by Gasteiger charge is -2.14. The van der Waals surface area contributed by atoms with E-state index in [2.05, 4.69) is 5.32 Å². The molecule has 0 bridgehead atoms. The average Bonchev–Trinajstić information content (AvgIpc) is 2.98. The second kappa shape index (κ2) is 13.2. The van der Waals surface area contributed by atoms with Gasteiger partial charge in [-0.1, -0.05) is 60.7 Å². The van der Waals surface area contributed by atoms with E-state index in [0.717, 1.165) is 16.7 Å². The number of hydrogen-bond acceptors (Lipinski definition) is 6. The quantitative estimate of drug-likeness (QED) is 0.224. The molecule has 40 heavy (non-hydrogen) atoms. The van der Waals surface area contributed by atoms with Crippen LogP contribution in [0.4, 0.5) is 0 Å². The Bertz CT molecular complexity index is 1580. The molecule has 4 aromatic carbocycles. The Morgan fingerprint density at radius 3 is 2.15 bits per heavy atom. The van der Waals surface area contributed by atoms with Gasteiger partial charge in [0, 0.05) is 12.1 Å². The van der Waals surface area contributed by atoms with Gasteiger partial charge in [0.1, 0.15) is 22.1 Å². The number of carbonyl (C=O) groups is 1. The van der Waals surface area contributed by atoms with Crippen molar-refractivity contribution < 1.29 is 27.4 Å². The highest BCUT2D eigenvalue weighted by Gasteiger charge is 2.22. The minimum Gasteiger partial charge on any atom is -0.496 e. The number of sulfone groups is 1. The number of ether oxygens (including phenoxy) is 3. The van der Waals surface area contributed by atoms with Crippen molar-refractivity contribution in [1.82, 2.24) is 5.32 Å². The maximum Gasteiger partial charge on any atom is 0.255 e. The highest BCUT2D eigenvalue weighted by Crippen LogP contribution is 2.35. The fraction of sp³-hybridized carbons (Fsp3) is 0.219. The first-order valence-corrected chi connectivity index (χ1v) is 14.5. The minimum atomic E-state index is -3.73. The summed E-state index contributed by atoms with van der Waals surface area (Å²) in [6.45, 7) is 0.479. The Hall–Kier alpha value is -4.30. The number of amides is 1. The normalized spacial score (nSPS) is 11.1. The van der Waals surface area contributed by atoms with Crippen LogP contribution in [0.3, 0.4) is 0 Å². The van der Waals surface area contributed by atoms with Crippen LogP contribution in [0.1, 0.15) is 27.9 Å². The number of nitrogens with one attached hydrogen (secondary N) is 1. The van der Waals surface area contributed by atoms with Gasteiger partial charge in [0.25, 0.3) is 5.91 Å². The summed E-state index contributed by atoms with van der Waals surface area (Å²) in [7, 11) is 0.850. The predicted octanol–water partition coefficient (Wildman–Crippen LogP) is 5.72. The van der Waals surface area contributed by atoms with Crippen molar-refractivity contribution in [3.63, 3.8) is 0 Å². The van der Waals surface area contributed by atoms with Gasteiger partial charge in [0.05, 0.1) is 32.6 Å². The molecule has 1 amide bonds. The molecule has 7 nitrogen and oxygen atoms in total. The second-order valence-electron chi connectivity index (χ2n) is 9.20. The number of carbonyl (C=O) groups excluding carboxylic acids is 1.